The Hall–Kier alpha value is -1.17. The van der Waals surface area contributed by atoms with Crippen LogP contribution in [0.2, 0.25) is 0 Å². The first-order valence-corrected chi connectivity index (χ1v) is 7.85. The quantitative estimate of drug-likeness (QED) is 0.781. The molecule has 1 aliphatic heterocycles. The van der Waals surface area contributed by atoms with Crippen LogP contribution in [0.3, 0.4) is 0 Å². The third-order valence-corrected chi connectivity index (χ3v) is 4.01. The van der Waals surface area contributed by atoms with Gasteiger partial charge in [0.2, 0.25) is 0 Å². The second-order valence-corrected chi connectivity index (χ2v) is 6.00. The normalized spacial score (nSPS) is 16.1. The van der Waals surface area contributed by atoms with Crippen LogP contribution in [-0.2, 0) is 4.74 Å². The van der Waals surface area contributed by atoms with Crippen LogP contribution in [0.25, 0.3) is 0 Å². The molecule has 2 N–H and O–H groups in total. The Kier molecular flexibility index (Phi) is 6.42. The summed E-state index contributed by atoms with van der Waals surface area (Å²) in [5.41, 5.74) is 6.47. The van der Waals surface area contributed by atoms with Gasteiger partial charge in [0.25, 0.3) is 0 Å². The number of nitrogens with two attached hydrogens (primary N) is 1. The summed E-state index contributed by atoms with van der Waals surface area (Å²) in [6.07, 6.45) is 2.34. The summed E-state index contributed by atoms with van der Waals surface area (Å²) in [5.74, 6) is 1.57. The number of benzene rings is 1. The smallest absolute Gasteiger partial charge is 0.120 e. The van der Waals surface area contributed by atoms with Gasteiger partial charge in [-0.05, 0) is 37.9 Å². The van der Waals surface area contributed by atoms with E-state index in [0.717, 1.165) is 43.5 Å². The van der Waals surface area contributed by atoms with Gasteiger partial charge in [-0.3, -0.25) is 0 Å². The van der Waals surface area contributed by atoms with Crippen molar-refractivity contribution in [3.05, 3.63) is 29.8 Å². The lowest BCUT2D eigenvalue weighted by Gasteiger charge is -2.27. The summed E-state index contributed by atoms with van der Waals surface area (Å²) in [6, 6.07) is 7.63. The lowest BCUT2D eigenvalue weighted by molar-refractivity contribution is 0.0543. The van der Waals surface area contributed by atoms with Crippen molar-refractivity contribution in [2.75, 3.05) is 40.0 Å². The largest absolute Gasteiger partial charge is 0.492 e. The fourth-order valence-electron chi connectivity index (χ4n) is 2.52. The third kappa shape index (κ3) is 5.61. The van der Waals surface area contributed by atoms with Crippen molar-refractivity contribution in [2.24, 2.45) is 11.7 Å². The molecule has 1 heterocycles. The van der Waals surface area contributed by atoms with E-state index in [0.29, 0.717) is 11.6 Å². The maximum atomic E-state index is 5.78. The molecule has 0 unspecified atom stereocenters. The molecule has 2 rings (SSSR count). The zero-order valence-electron chi connectivity index (χ0n) is 12.6. The molecule has 0 saturated carbocycles. The Morgan fingerprint density at radius 2 is 2.19 bits per heavy atom. The van der Waals surface area contributed by atoms with Crippen LogP contribution < -0.4 is 10.5 Å². The lowest BCUT2D eigenvalue weighted by atomic mass is 10.00. The predicted octanol–water partition coefficient (Wildman–Crippen LogP) is 2.06. The van der Waals surface area contributed by atoms with Gasteiger partial charge < -0.3 is 20.1 Å². The molecule has 0 atom stereocenters. The monoisotopic (exact) mass is 308 g/mol. The van der Waals surface area contributed by atoms with Crippen molar-refractivity contribution < 1.29 is 9.47 Å². The number of thiocarbonyl (C=S) groups is 1. The van der Waals surface area contributed by atoms with Gasteiger partial charge in [0.15, 0.2) is 0 Å². The summed E-state index contributed by atoms with van der Waals surface area (Å²) in [7, 11) is 2.14. The van der Waals surface area contributed by atoms with E-state index in [9.17, 15) is 0 Å². The molecule has 0 amide bonds. The third-order valence-electron chi connectivity index (χ3n) is 3.77. The molecule has 1 aromatic rings. The molecular weight excluding hydrogens is 284 g/mol. The first-order valence-electron chi connectivity index (χ1n) is 7.44. The van der Waals surface area contributed by atoms with E-state index < -0.39 is 0 Å². The van der Waals surface area contributed by atoms with Gasteiger partial charge in [0, 0.05) is 31.9 Å². The van der Waals surface area contributed by atoms with Crippen LogP contribution in [0.4, 0.5) is 0 Å². The molecule has 0 radical (unpaired) electrons. The molecule has 1 saturated heterocycles. The van der Waals surface area contributed by atoms with E-state index in [1.807, 2.05) is 24.3 Å². The molecule has 1 aliphatic rings. The van der Waals surface area contributed by atoms with Crippen LogP contribution in [0.5, 0.6) is 5.75 Å². The van der Waals surface area contributed by atoms with Crippen LogP contribution >= 0.6 is 12.2 Å². The molecule has 116 valence electrons. The van der Waals surface area contributed by atoms with Crippen molar-refractivity contribution in [1.82, 2.24) is 4.90 Å². The lowest BCUT2D eigenvalue weighted by Crippen LogP contribution is -2.32. The molecule has 4 nitrogen and oxygen atoms in total. The van der Waals surface area contributed by atoms with E-state index in [2.05, 4.69) is 11.9 Å². The Labute approximate surface area is 132 Å². The highest BCUT2D eigenvalue weighted by molar-refractivity contribution is 7.80. The van der Waals surface area contributed by atoms with Crippen molar-refractivity contribution in [2.45, 2.75) is 12.8 Å². The van der Waals surface area contributed by atoms with Crippen molar-refractivity contribution >= 4 is 17.2 Å². The van der Waals surface area contributed by atoms with E-state index in [1.54, 1.807) is 0 Å². The highest BCUT2D eigenvalue weighted by Gasteiger charge is 2.15. The zero-order chi connectivity index (χ0) is 15.1. The fraction of sp³-hybridized carbons (Fsp3) is 0.562. The number of ether oxygens (including phenoxy) is 2. The summed E-state index contributed by atoms with van der Waals surface area (Å²) >= 11 is 4.97. The minimum Gasteiger partial charge on any atom is -0.492 e. The number of hydrogen-bond acceptors (Lipinski definition) is 4. The predicted molar refractivity (Wildman–Crippen MR) is 88.9 cm³/mol. The summed E-state index contributed by atoms with van der Waals surface area (Å²) in [4.78, 5) is 2.73. The van der Waals surface area contributed by atoms with Gasteiger partial charge in [-0.1, -0.05) is 24.4 Å². The number of nitrogens with zero attached hydrogens (tertiary/aromatic N) is 1. The minimum absolute atomic E-state index is 0.400. The second kappa shape index (κ2) is 8.32. The molecule has 21 heavy (non-hydrogen) atoms. The van der Waals surface area contributed by atoms with Gasteiger partial charge in [0.05, 0.1) is 0 Å². The van der Waals surface area contributed by atoms with Crippen LogP contribution in [-0.4, -0.2) is 49.8 Å². The molecule has 5 heteroatoms. The van der Waals surface area contributed by atoms with Crippen LogP contribution in [0, 0.1) is 5.92 Å². The van der Waals surface area contributed by atoms with Gasteiger partial charge in [0.1, 0.15) is 17.3 Å². The van der Waals surface area contributed by atoms with Gasteiger partial charge in [-0.15, -0.1) is 0 Å². The van der Waals surface area contributed by atoms with Crippen LogP contribution in [0.15, 0.2) is 24.3 Å². The number of likely N-dealkylation sites (N-methyl/N-ethyl adjacent to an activating group) is 1. The Morgan fingerprint density at radius 3 is 2.90 bits per heavy atom. The maximum absolute atomic E-state index is 5.78. The standard InChI is InChI=1S/C16H24N2O2S/c1-18(12-13-5-8-19-9-6-13)7-10-20-15-4-2-3-14(11-15)16(17)21/h2-4,11,13H,5-10,12H2,1H3,(H2,17,21). The Bertz CT molecular complexity index is 461. The average molecular weight is 308 g/mol. The second-order valence-electron chi connectivity index (χ2n) is 5.56. The fourth-order valence-corrected chi connectivity index (χ4v) is 2.65. The van der Waals surface area contributed by atoms with Crippen molar-refractivity contribution in [3.63, 3.8) is 0 Å². The molecule has 1 aromatic carbocycles. The molecule has 0 bridgehead atoms. The molecular formula is C16H24N2O2S. The SMILES string of the molecule is CN(CCOc1cccc(C(N)=S)c1)CC1CCOCC1. The molecule has 0 spiro atoms. The van der Waals surface area contributed by atoms with Crippen LogP contribution in [0.1, 0.15) is 18.4 Å². The van der Waals surface area contributed by atoms with E-state index in [4.69, 9.17) is 27.4 Å². The van der Waals surface area contributed by atoms with E-state index in [-0.39, 0.29) is 0 Å². The highest BCUT2D eigenvalue weighted by Crippen LogP contribution is 2.16. The van der Waals surface area contributed by atoms with Crippen molar-refractivity contribution in [1.29, 1.82) is 0 Å². The Morgan fingerprint density at radius 1 is 1.43 bits per heavy atom. The minimum atomic E-state index is 0.400. The van der Waals surface area contributed by atoms with Gasteiger partial charge >= 0.3 is 0 Å². The summed E-state index contributed by atoms with van der Waals surface area (Å²) in [5, 5.41) is 0. The topological polar surface area (TPSA) is 47.7 Å². The zero-order valence-corrected chi connectivity index (χ0v) is 13.4. The van der Waals surface area contributed by atoms with E-state index >= 15 is 0 Å². The Balaban J connectivity index is 1.70. The summed E-state index contributed by atoms with van der Waals surface area (Å²) < 4.78 is 11.2. The molecule has 0 aromatic heterocycles. The highest BCUT2D eigenvalue weighted by atomic mass is 32.1. The maximum Gasteiger partial charge on any atom is 0.120 e. The van der Waals surface area contributed by atoms with Crippen molar-refractivity contribution in [3.8, 4) is 5.75 Å². The summed E-state index contributed by atoms with van der Waals surface area (Å²) in [6.45, 7) is 4.50. The van der Waals surface area contributed by atoms with Gasteiger partial charge in [-0.2, -0.15) is 0 Å². The van der Waals surface area contributed by atoms with Gasteiger partial charge in [-0.25, -0.2) is 0 Å². The first kappa shape index (κ1) is 16.2. The first-order chi connectivity index (χ1) is 10.1. The van der Waals surface area contributed by atoms with E-state index in [1.165, 1.54) is 12.8 Å². The number of rotatable bonds is 7. The molecule has 1 fully saturated rings. The average Bonchev–Trinajstić information content (AvgIpc) is 2.48. The molecule has 0 aliphatic carbocycles. The number of hydrogen-bond donors (Lipinski definition) is 1.